The maximum absolute atomic E-state index is 11.6. The molecule has 0 bridgehead atoms. The number of nitrogens with zero attached hydrogens (tertiary/aromatic N) is 1. The molecule has 0 spiro atoms. The second-order valence-electron chi connectivity index (χ2n) is 5.39. The lowest BCUT2D eigenvalue weighted by molar-refractivity contribution is 0.159. The van der Waals surface area contributed by atoms with Gasteiger partial charge in [-0.2, -0.15) is 0 Å². The first-order valence-corrected chi connectivity index (χ1v) is 7.57. The first kappa shape index (κ1) is 15.8. The summed E-state index contributed by atoms with van der Waals surface area (Å²) in [6.45, 7) is 5.89. The Labute approximate surface area is 125 Å². The molecular weight excluding hydrogens is 268 g/mol. The van der Waals surface area contributed by atoms with Gasteiger partial charge >= 0.3 is 6.09 Å². The SMILES string of the molecule is CCC(O)CCNC(C)c1cccc(N2CCOC2=O)c1. The molecule has 1 fully saturated rings. The van der Waals surface area contributed by atoms with Crippen molar-refractivity contribution in [2.75, 3.05) is 24.6 Å². The summed E-state index contributed by atoms with van der Waals surface area (Å²) in [5.74, 6) is 0. The van der Waals surface area contributed by atoms with Crippen LogP contribution < -0.4 is 10.2 Å². The van der Waals surface area contributed by atoms with E-state index in [2.05, 4.69) is 12.2 Å². The summed E-state index contributed by atoms with van der Waals surface area (Å²) in [5.41, 5.74) is 2.00. The van der Waals surface area contributed by atoms with E-state index in [0.717, 1.165) is 30.6 Å². The number of anilines is 1. The minimum absolute atomic E-state index is 0.174. The van der Waals surface area contributed by atoms with Gasteiger partial charge in [-0.25, -0.2) is 4.79 Å². The summed E-state index contributed by atoms with van der Waals surface area (Å²) in [6, 6.07) is 8.10. The number of carbonyl (C=O) groups is 1. The normalized spacial score (nSPS) is 17.7. The van der Waals surface area contributed by atoms with Gasteiger partial charge in [-0.05, 0) is 44.0 Å². The van der Waals surface area contributed by atoms with Crippen molar-refractivity contribution in [2.45, 2.75) is 38.8 Å². The lowest BCUT2D eigenvalue weighted by Gasteiger charge is -2.18. The quantitative estimate of drug-likeness (QED) is 0.810. The van der Waals surface area contributed by atoms with Gasteiger partial charge in [-0.15, -0.1) is 0 Å². The Hall–Kier alpha value is -1.59. The Morgan fingerprint density at radius 2 is 2.29 bits per heavy atom. The Bertz CT molecular complexity index is 478. The number of aliphatic hydroxyl groups is 1. The highest BCUT2D eigenvalue weighted by atomic mass is 16.6. The molecule has 2 unspecified atom stereocenters. The third-order valence-electron chi connectivity index (χ3n) is 3.84. The Morgan fingerprint density at radius 3 is 2.95 bits per heavy atom. The van der Waals surface area contributed by atoms with E-state index < -0.39 is 0 Å². The van der Waals surface area contributed by atoms with Crippen molar-refractivity contribution in [1.82, 2.24) is 5.32 Å². The molecule has 1 aromatic carbocycles. The molecule has 1 aromatic rings. The van der Waals surface area contributed by atoms with E-state index in [4.69, 9.17) is 4.74 Å². The molecule has 116 valence electrons. The minimum Gasteiger partial charge on any atom is -0.447 e. The fourth-order valence-corrected chi connectivity index (χ4v) is 2.38. The van der Waals surface area contributed by atoms with Gasteiger partial charge in [0, 0.05) is 11.7 Å². The molecule has 0 radical (unpaired) electrons. The van der Waals surface area contributed by atoms with Crippen LogP contribution in [0.4, 0.5) is 10.5 Å². The number of ether oxygens (including phenoxy) is 1. The predicted octanol–water partition coefficient (Wildman–Crippen LogP) is 2.45. The molecule has 1 heterocycles. The van der Waals surface area contributed by atoms with E-state index in [1.165, 1.54) is 0 Å². The van der Waals surface area contributed by atoms with Crippen molar-refractivity contribution >= 4 is 11.8 Å². The lowest BCUT2D eigenvalue weighted by atomic mass is 10.1. The average molecular weight is 292 g/mol. The van der Waals surface area contributed by atoms with Crippen LogP contribution in [0.3, 0.4) is 0 Å². The van der Waals surface area contributed by atoms with Gasteiger partial charge in [0.1, 0.15) is 6.61 Å². The molecule has 5 heteroatoms. The van der Waals surface area contributed by atoms with Crippen LogP contribution in [-0.2, 0) is 4.74 Å². The second kappa shape index (κ2) is 7.43. The molecular formula is C16H24N2O3. The number of amides is 1. The number of nitrogens with one attached hydrogen (secondary N) is 1. The van der Waals surface area contributed by atoms with E-state index in [1.54, 1.807) is 4.90 Å². The van der Waals surface area contributed by atoms with Crippen LogP contribution in [0.25, 0.3) is 0 Å². The summed E-state index contributed by atoms with van der Waals surface area (Å²) in [5, 5.41) is 13.0. The maximum atomic E-state index is 11.6. The molecule has 2 atom stereocenters. The Balaban J connectivity index is 1.95. The molecule has 5 nitrogen and oxygen atoms in total. The number of hydrogen-bond acceptors (Lipinski definition) is 4. The zero-order valence-corrected chi connectivity index (χ0v) is 12.7. The largest absolute Gasteiger partial charge is 0.447 e. The number of carbonyl (C=O) groups excluding carboxylic acids is 1. The minimum atomic E-state index is -0.279. The molecule has 0 aromatic heterocycles. The molecule has 2 N–H and O–H groups in total. The zero-order chi connectivity index (χ0) is 15.2. The van der Waals surface area contributed by atoms with Gasteiger partial charge in [0.15, 0.2) is 0 Å². The number of rotatable bonds is 7. The van der Waals surface area contributed by atoms with E-state index in [-0.39, 0.29) is 18.2 Å². The van der Waals surface area contributed by atoms with Gasteiger partial charge < -0.3 is 15.2 Å². The lowest BCUT2D eigenvalue weighted by Crippen LogP contribution is -2.25. The van der Waals surface area contributed by atoms with Crippen LogP contribution in [0.2, 0.25) is 0 Å². The summed E-state index contributed by atoms with van der Waals surface area (Å²) in [6.07, 6.45) is 1.01. The maximum Gasteiger partial charge on any atom is 0.414 e. The second-order valence-corrected chi connectivity index (χ2v) is 5.39. The van der Waals surface area contributed by atoms with E-state index >= 15 is 0 Å². The van der Waals surface area contributed by atoms with Crippen molar-refractivity contribution in [2.24, 2.45) is 0 Å². The van der Waals surface area contributed by atoms with Crippen molar-refractivity contribution in [3.05, 3.63) is 29.8 Å². The first-order chi connectivity index (χ1) is 10.1. The van der Waals surface area contributed by atoms with Crippen LogP contribution in [0.1, 0.15) is 38.3 Å². The predicted molar refractivity (Wildman–Crippen MR) is 82.5 cm³/mol. The van der Waals surface area contributed by atoms with Crippen molar-refractivity contribution in [3.8, 4) is 0 Å². The molecule has 0 saturated carbocycles. The fraction of sp³-hybridized carbons (Fsp3) is 0.562. The number of cyclic esters (lactones) is 1. The number of hydrogen-bond donors (Lipinski definition) is 2. The van der Waals surface area contributed by atoms with Gasteiger partial charge in [0.25, 0.3) is 0 Å². The topological polar surface area (TPSA) is 61.8 Å². The van der Waals surface area contributed by atoms with E-state index in [1.807, 2.05) is 31.2 Å². The smallest absolute Gasteiger partial charge is 0.414 e. The highest BCUT2D eigenvalue weighted by Crippen LogP contribution is 2.23. The molecule has 1 aliphatic heterocycles. The van der Waals surface area contributed by atoms with Crippen LogP contribution in [0.15, 0.2) is 24.3 Å². The third-order valence-corrected chi connectivity index (χ3v) is 3.84. The molecule has 1 saturated heterocycles. The Morgan fingerprint density at radius 1 is 1.48 bits per heavy atom. The summed E-state index contributed by atoms with van der Waals surface area (Å²) >= 11 is 0. The van der Waals surface area contributed by atoms with Gasteiger partial charge in [-0.3, -0.25) is 4.90 Å². The molecule has 2 rings (SSSR count). The Kier molecular flexibility index (Phi) is 5.59. The van der Waals surface area contributed by atoms with E-state index in [0.29, 0.717) is 13.2 Å². The molecule has 21 heavy (non-hydrogen) atoms. The molecule has 1 aliphatic rings. The van der Waals surface area contributed by atoms with E-state index in [9.17, 15) is 9.90 Å². The highest BCUT2D eigenvalue weighted by Gasteiger charge is 2.23. The number of benzene rings is 1. The monoisotopic (exact) mass is 292 g/mol. The standard InChI is InChI=1S/C16H24N2O3/c1-3-15(19)7-8-17-12(2)13-5-4-6-14(11-13)18-9-10-21-16(18)20/h4-6,11-12,15,17,19H,3,7-10H2,1-2H3. The molecule has 1 amide bonds. The highest BCUT2D eigenvalue weighted by molar-refractivity contribution is 5.89. The number of aliphatic hydroxyl groups excluding tert-OH is 1. The summed E-state index contributed by atoms with van der Waals surface area (Å²) in [4.78, 5) is 13.2. The fourth-order valence-electron chi connectivity index (χ4n) is 2.38. The van der Waals surface area contributed by atoms with Crippen LogP contribution >= 0.6 is 0 Å². The summed E-state index contributed by atoms with van der Waals surface area (Å²) in [7, 11) is 0. The third kappa shape index (κ3) is 4.19. The summed E-state index contributed by atoms with van der Waals surface area (Å²) < 4.78 is 4.97. The van der Waals surface area contributed by atoms with Crippen molar-refractivity contribution < 1.29 is 14.6 Å². The van der Waals surface area contributed by atoms with Crippen LogP contribution in [0.5, 0.6) is 0 Å². The van der Waals surface area contributed by atoms with Gasteiger partial charge in [0.2, 0.25) is 0 Å². The first-order valence-electron chi connectivity index (χ1n) is 7.57. The van der Waals surface area contributed by atoms with Gasteiger partial charge in [-0.1, -0.05) is 19.1 Å². The van der Waals surface area contributed by atoms with Crippen molar-refractivity contribution in [3.63, 3.8) is 0 Å². The molecule has 0 aliphatic carbocycles. The van der Waals surface area contributed by atoms with Crippen molar-refractivity contribution in [1.29, 1.82) is 0 Å². The average Bonchev–Trinajstić information content (AvgIpc) is 2.93. The van der Waals surface area contributed by atoms with Crippen LogP contribution in [-0.4, -0.2) is 37.0 Å². The van der Waals surface area contributed by atoms with Gasteiger partial charge in [0.05, 0.1) is 12.6 Å². The van der Waals surface area contributed by atoms with Crippen LogP contribution in [0, 0.1) is 0 Å². The zero-order valence-electron chi connectivity index (χ0n) is 12.7.